The summed E-state index contributed by atoms with van der Waals surface area (Å²) in [6.07, 6.45) is 5.96. The summed E-state index contributed by atoms with van der Waals surface area (Å²) in [5, 5.41) is 7.77. The van der Waals surface area contributed by atoms with Crippen LogP contribution in [0.2, 0.25) is 0 Å². The average molecular weight is 263 g/mol. The highest BCUT2D eigenvalue weighted by Gasteiger charge is 2.15. The van der Waals surface area contributed by atoms with E-state index in [4.69, 9.17) is 0 Å². The van der Waals surface area contributed by atoms with Crippen LogP contribution in [0.1, 0.15) is 19.8 Å². The van der Waals surface area contributed by atoms with Crippen molar-refractivity contribution < 1.29 is 0 Å². The highest BCUT2D eigenvalue weighted by atomic mass is 35.5. The van der Waals surface area contributed by atoms with Gasteiger partial charge < -0.3 is 5.32 Å². The van der Waals surface area contributed by atoms with Gasteiger partial charge >= 0.3 is 0 Å². The second-order valence-electron chi connectivity index (χ2n) is 4.07. The zero-order valence-corrected chi connectivity index (χ0v) is 11.1. The molecular formula is C10H19ClN4S. The van der Waals surface area contributed by atoms with E-state index in [-0.39, 0.29) is 12.4 Å². The van der Waals surface area contributed by atoms with Crippen molar-refractivity contribution >= 4 is 24.2 Å². The molecule has 0 aromatic carbocycles. The van der Waals surface area contributed by atoms with Crippen LogP contribution in [0.5, 0.6) is 0 Å². The summed E-state index contributed by atoms with van der Waals surface area (Å²) in [5.74, 6) is 2.60. The van der Waals surface area contributed by atoms with E-state index in [2.05, 4.69) is 34.1 Å². The molecule has 0 spiro atoms. The molecule has 1 N–H and O–H groups in total. The van der Waals surface area contributed by atoms with Crippen LogP contribution in [0.15, 0.2) is 12.7 Å². The van der Waals surface area contributed by atoms with Gasteiger partial charge in [0.05, 0.1) is 6.54 Å². The molecule has 0 aliphatic carbocycles. The van der Waals surface area contributed by atoms with Crippen molar-refractivity contribution in [3.63, 3.8) is 0 Å². The van der Waals surface area contributed by atoms with Crippen LogP contribution in [-0.4, -0.2) is 38.4 Å². The summed E-state index contributed by atoms with van der Waals surface area (Å²) < 4.78 is 1.88. The van der Waals surface area contributed by atoms with Crippen LogP contribution in [0.4, 0.5) is 0 Å². The molecule has 0 amide bonds. The quantitative estimate of drug-likeness (QED) is 0.895. The van der Waals surface area contributed by atoms with E-state index in [9.17, 15) is 0 Å². The Morgan fingerprint density at radius 2 is 2.25 bits per heavy atom. The molecule has 16 heavy (non-hydrogen) atoms. The fraction of sp³-hybridized carbons (Fsp3) is 0.800. The van der Waals surface area contributed by atoms with Crippen molar-refractivity contribution in [2.24, 2.45) is 0 Å². The van der Waals surface area contributed by atoms with Gasteiger partial charge in [0.15, 0.2) is 0 Å². The van der Waals surface area contributed by atoms with Crippen molar-refractivity contribution in [2.75, 3.05) is 11.5 Å². The second-order valence-corrected chi connectivity index (χ2v) is 5.30. The average Bonchev–Trinajstić information content (AvgIpc) is 2.71. The standard InChI is InChI=1S/C10H18N4S.ClH/c1-9(6-14-8-11-7-12-14)13-10-2-4-15-5-3-10;/h7-10,13H,2-6H2,1H3;1H. The number of hydrogen-bond acceptors (Lipinski definition) is 4. The van der Waals surface area contributed by atoms with Crippen molar-refractivity contribution in [2.45, 2.75) is 38.4 Å². The summed E-state index contributed by atoms with van der Waals surface area (Å²) in [6.45, 7) is 3.12. The number of halogens is 1. The number of thioether (sulfide) groups is 1. The maximum Gasteiger partial charge on any atom is 0.137 e. The largest absolute Gasteiger partial charge is 0.310 e. The number of nitrogens with zero attached hydrogens (tertiary/aromatic N) is 3. The van der Waals surface area contributed by atoms with Gasteiger partial charge in [0.2, 0.25) is 0 Å². The Balaban J connectivity index is 0.00000128. The Morgan fingerprint density at radius 3 is 2.88 bits per heavy atom. The van der Waals surface area contributed by atoms with Gasteiger partial charge in [-0.25, -0.2) is 4.98 Å². The molecule has 1 atom stereocenters. The monoisotopic (exact) mass is 262 g/mol. The van der Waals surface area contributed by atoms with Crippen LogP contribution >= 0.6 is 24.2 Å². The predicted molar refractivity (Wildman–Crippen MR) is 70.2 cm³/mol. The third kappa shape index (κ3) is 4.31. The van der Waals surface area contributed by atoms with Crippen LogP contribution in [0.25, 0.3) is 0 Å². The number of aromatic nitrogens is 3. The summed E-state index contributed by atoms with van der Waals surface area (Å²) in [5.41, 5.74) is 0. The van der Waals surface area contributed by atoms with Gasteiger partial charge in [-0.15, -0.1) is 12.4 Å². The molecule has 1 fully saturated rings. The minimum atomic E-state index is 0. The van der Waals surface area contributed by atoms with Crippen LogP contribution in [0.3, 0.4) is 0 Å². The Morgan fingerprint density at radius 1 is 1.50 bits per heavy atom. The van der Waals surface area contributed by atoms with Gasteiger partial charge in [0, 0.05) is 12.1 Å². The molecule has 1 saturated heterocycles. The molecule has 92 valence electrons. The lowest BCUT2D eigenvalue weighted by molar-refractivity contribution is 0.379. The maximum absolute atomic E-state index is 4.11. The number of hydrogen-bond donors (Lipinski definition) is 1. The van der Waals surface area contributed by atoms with Gasteiger partial charge in [0.1, 0.15) is 12.7 Å². The molecule has 1 unspecified atom stereocenters. The first kappa shape index (κ1) is 13.8. The molecule has 1 aromatic rings. The van der Waals surface area contributed by atoms with Crippen molar-refractivity contribution in [1.29, 1.82) is 0 Å². The van der Waals surface area contributed by atoms with E-state index >= 15 is 0 Å². The molecule has 1 aliphatic heterocycles. The summed E-state index contributed by atoms with van der Waals surface area (Å²) in [4.78, 5) is 3.94. The summed E-state index contributed by atoms with van der Waals surface area (Å²) in [6, 6.07) is 1.17. The lowest BCUT2D eigenvalue weighted by Crippen LogP contribution is -2.41. The molecule has 2 rings (SSSR count). The summed E-state index contributed by atoms with van der Waals surface area (Å²) >= 11 is 2.06. The van der Waals surface area contributed by atoms with E-state index in [1.807, 2.05) is 4.68 Å². The Hall–Kier alpha value is -0.260. The molecule has 4 nitrogen and oxygen atoms in total. The minimum absolute atomic E-state index is 0. The zero-order chi connectivity index (χ0) is 10.5. The smallest absolute Gasteiger partial charge is 0.137 e. The lowest BCUT2D eigenvalue weighted by Gasteiger charge is -2.26. The maximum atomic E-state index is 4.11. The van der Waals surface area contributed by atoms with Crippen molar-refractivity contribution in [3.8, 4) is 0 Å². The van der Waals surface area contributed by atoms with Gasteiger partial charge in [-0.2, -0.15) is 16.9 Å². The number of nitrogens with one attached hydrogen (secondary N) is 1. The second kappa shape index (κ2) is 7.14. The Labute approximate surface area is 107 Å². The lowest BCUT2D eigenvalue weighted by atomic mass is 10.1. The molecule has 6 heteroatoms. The van der Waals surface area contributed by atoms with E-state index in [0.29, 0.717) is 12.1 Å². The van der Waals surface area contributed by atoms with E-state index < -0.39 is 0 Å². The molecule has 0 bridgehead atoms. The van der Waals surface area contributed by atoms with Gasteiger partial charge in [0.25, 0.3) is 0 Å². The zero-order valence-electron chi connectivity index (χ0n) is 9.50. The first-order valence-corrected chi connectivity index (χ1v) is 6.66. The molecule has 2 heterocycles. The third-order valence-corrected chi connectivity index (χ3v) is 3.72. The minimum Gasteiger partial charge on any atom is -0.310 e. The number of rotatable bonds is 4. The third-order valence-electron chi connectivity index (χ3n) is 2.67. The van der Waals surface area contributed by atoms with Crippen LogP contribution < -0.4 is 5.32 Å². The van der Waals surface area contributed by atoms with Crippen LogP contribution in [-0.2, 0) is 6.54 Å². The van der Waals surface area contributed by atoms with E-state index in [1.165, 1.54) is 24.3 Å². The first-order valence-electron chi connectivity index (χ1n) is 5.51. The Kier molecular flexibility index (Phi) is 6.16. The molecule has 1 aromatic heterocycles. The molecule has 0 radical (unpaired) electrons. The highest BCUT2D eigenvalue weighted by Crippen LogP contribution is 2.17. The van der Waals surface area contributed by atoms with Gasteiger partial charge in [-0.1, -0.05) is 0 Å². The van der Waals surface area contributed by atoms with Crippen LogP contribution in [0, 0.1) is 0 Å². The fourth-order valence-electron chi connectivity index (χ4n) is 1.93. The molecule has 0 saturated carbocycles. The summed E-state index contributed by atoms with van der Waals surface area (Å²) in [7, 11) is 0. The highest BCUT2D eigenvalue weighted by molar-refractivity contribution is 7.99. The predicted octanol–water partition coefficient (Wildman–Crippen LogP) is 1.57. The molecular weight excluding hydrogens is 244 g/mol. The van der Waals surface area contributed by atoms with Crippen molar-refractivity contribution in [3.05, 3.63) is 12.7 Å². The fourth-order valence-corrected chi connectivity index (χ4v) is 3.03. The van der Waals surface area contributed by atoms with E-state index in [0.717, 1.165) is 6.54 Å². The van der Waals surface area contributed by atoms with Crippen molar-refractivity contribution in [1.82, 2.24) is 20.1 Å². The van der Waals surface area contributed by atoms with Gasteiger partial charge in [-0.05, 0) is 31.3 Å². The topological polar surface area (TPSA) is 42.7 Å². The Bertz CT molecular complexity index is 274. The first-order chi connectivity index (χ1) is 7.34. The normalized spacial score (nSPS) is 19.1. The molecule has 1 aliphatic rings. The van der Waals surface area contributed by atoms with E-state index in [1.54, 1.807) is 12.7 Å². The SMILES string of the molecule is CC(Cn1cncn1)NC1CCSCC1.Cl. The van der Waals surface area contributed by atoms with Gasteiger partial charge in [-0.3, -0.25) is 4.68 Å².